The van der Waals surface area contributed by atoms with Crippen LogP contribution in [0.15, 0.2) is 48.5 Å². The quantitative estimate of drug-likeness (QED) is 0.395. The van der Waals surface area contributed by atoms with Gasteiger partial charge in [-0.15, -0.1) is 0 Å². The summed E-state index contributed by atoms with van der Waals surface area (Å²) in [4.78, 5) is 33.9. The first-order valence-electron chi connectivity index (χ1n) is 15.4. The zero-order valence-corrected chi connectivity index (χ0v) is 24.6. The van der Waals surface area contributed by atoms with Gasteiger partial charge in [-0.3, -0.25) is 24.3 Å². The van der Waals surface area contributed by atoms with Gasteiger partial charge in [-0.25, -0.2) is 0 Å². The van der Waals surface area contributed by atoms with Crippen molar-refractivity contribution in [2.75, 3.05) is 52.4 Å². The first kappa shape index (κ1) is 29.5. The molecule has 0 unspecified atom stereocenters. The number of amides is 1. The van der Waals surface area contributed by atoms with Gasteiger partial charge in [0.25, 0.3) is 5.91 Å². The first-order valence-corrected chi connectivity index (χ1v) is 15.4. The van der Waals surface area contributed by atoms with Crippen LogP contribution in [0.5, 0.6) is 5.75 Å². The molecule has 0 aromatic heterocycles. The number of carbonyl (C=O) groups is 2. The molecule has 2 heterocycles. The molecule has 0 radical (unpaired) electrons. The Morgan fingerprint density at radius 3 is 2.29 bits per heavy atom. The molecule has 5 rings (SSSR count). The third-order valence-electron chi connectivity index (χ3n) is 9.09. The Morgan fingerprint density at radius 2 is 1.61 bits per heavy atom. The molecule has 2 aromatic rings. The van der Waals surface area contributed by atoms with E-state index in [0.29, 0.717) is 37.2 Å². The van der Waals surface area contributed by atoms with Crippen LogP contribution in [-0.2, 0) is 4.79 Å². The number of benzene rings is 2. The SMILES string of the molecule is C[C@@H]1CN([C@@H](c2cccc(O)c2)c2cccc(C(=O)N3CCN(CCCCC(=O)O)CC3)c2)[C@@H](C)CN1CC1CC1. The van der Waals surface area contributed by atoms with Crippen LogP contribution in [0.2, 0.25) is 0 Å². The topological polar surface area (TPSA) is 87.6 Å². The third kappa shape index (κ3) is 7.67. The molecule has 3 fully saturated rings. The van der Waals surface area contributed by atoms with Crippen LogP contribution < -0.4 is 0 Å². The molecule has 0 spiro atoms. The number of hydrogen-bond acceptors (Lipinski definition) is 6. The molecule has 3 aliphatic rings. The average Bonchev–Trinajstić information content (AvgIpc) is 3.78. The van der Waals surface area contributed by atoms with Gasteiger partial charge in [-0.05, 0) is 87.4 Å². The number of hydrogen-bond donors (Lipinski definition) is 2. The minimum atomic E-state index is -0.742. The minimum Gasteiger partial charge on any atom is -0.508 e. The van der Waals surface area contributed by atoms with Crippen molar-refractivity contribution in [2.45, 2.75) is 64.1 Å². The molecular formula is C33H46N4O4. The van der Waals surface area contributed by atoms with Gasteiger partial charge in [0.2, 0.25) is 0 Å². The third-order valence-corrected chi connectivity index (χ3v) is 9.09. The van der Waals surface area contributed by atoms with E-state index >= 15 is 0 Å². The number of phenols is 1. The van der Waals surface area contributed by atoms with E-state index in [1.165, 1.54) is 19.4 Å². The highest BCUT2D eigenvalue weighted by Crippen LogP contribution is 2.37. The molecular weight excluding hydrogens is 516 g/mol. The van der Waals surface area contributed by atoms with Crippen molar-refractivity contribution >= 4 is 11.9 Å². The minimum absolute atomic E-state index is 0.0574. The van der Waals surface area contributed by atoms with Gasteiger partial charge in [0, 0.05) is 69.9 Å². The highest BCUT2D eigenvalue weighted by atomic mass is 16.4. The number of carboxylic acids is 1. The van der Waals surface area contributed by atoms with Gasteiger partial charge in [0.1, 0.15) is 5.75 Å². The monoisotopic (exact) mass is 562 g/mol. The van der Waals surface area contributed by atoms with Crippen LogP contribution in [0, 0.1) is 5.92 Å². The summed E-state index contributed by atoms with van der Waals surface area (Å²) in [6, 6.07) is 16.4. The second-order valence-electron chi connectivity index (χ2n) is 12.4. The number of carbonyl (C=O) groups excluding carboxylic acids is 1. The molecule has 222 valence electrons. The second kappa shape index (κ2) is 13.4. The number of unbranched alkanes of at least 4 members (excludes halogenated alkanes) is 1. The van der Waals surface area contributed by atoms with E-state index in [4.69, 9.17) is 5.11 Å². The molecule has 3 atom stereocenters. The predicted octanol–water partition coefficient (Wildman–Crippen LogP) is 4.30. The maximum absolute atomic E-state index is 13.6. The van der Waals surface area contributed by atoms with Crippen molar-refractivity contribution in [3.63, 3.8) is 0 Å². The van der Waals surface area contributed by atoms with Crippen LogP contribution in [0.1, 0.15) is 73.5 Å². The van der Waals surface area contributed by atoms with Crippen molar-refractivity contribution in [3.8, 4) is 5.75 Å². The van der Waals surface area contributed by atoms with E-state index in [2.05, 4.69) is 46.7 Å². The molecule has 41 heavy (non-hydrogen) atoms. The Hall–Kier alpha value is -2.94. The van der Waals surface area contributed by atoms with Crippen LogP contribution in [-0.4, -0.2) is 106 Å². The fraction of sp³-hybridized carbons (Fsp3) is 0.576. The van der Waals surface area contributed by atoms with Gasteiger partial charge in [0.05, 0.1) is 6.04 Å². The maximum atomic E-state index is 13.6. The zero-order valence-electron chi connectivity index (χ0n) is 24.6. The van der Waals surface area contributed by atoms with Crippen LogP contribution in [0.4, 0.5) is 0 Å². The summed E-state index contributed by atoms with van der Waals surface area (Å²) in [5.41, 5.74) is 2.82. The maximum Gasteiger partial charge on any atom is 0.303 e. The Bertz CT molecular complexity index is 1190. The largest absolute Gasteiger partial charge is 0.508 e. The molecule has 8 nitrogen and oxygen atoms in total. The Balaban J connectivity index is 1.30. The van der Waals surface area contributed by atoms with E-state index in [-0.39, 0.29) is 24.1 Å². The van der Waals surface area contributed by atoms with Crippen LogP contribution in [0.3, 0.4) is 0 Å². The number of nitrogens with zero attached hydrogens (tertiary/aromatic N) is 4. The highest BCUT2D eigenvalue weighted by molar-refractivity contribution is 5.94. The lowest BCUT2D eigenvalue weighted by Crippen LogP contribution is -2.57. The van der Waals surface area contributed by atoms with Gasteiger partial charge < -0.3 is 15.1 Å². The van der Waals surface area contributed by atoms with E-state index in [1.807, 2.05) is 29.2 Å². The summed E-state index contributed by atoms with van der Waals surface area (Å²) in [5, 5.41) is 19.2. The van der Waals surface area contributed by atoms with E-state index in [0.717, 1.165) is 56.2 Å². The highest BCUT2D eigenvalue weighted by Gasteiger charge is 2.37. The molecule has 2 N–H and O–H groups in total. The van der Waals surface area contributed by atoms with Crippen LogP contribution in [0.25, 0.3) is 0 Å². The predicted molar refractivity (Wildman–Crippen MR) is 160 cm³/mol. The van der Waals surface area contributed by atoms with Gasteiger partial charge in [-0.1, -0.05) is 24.3 Å². The lowest BCUT2D eigenvalue weighted by atomic mass is 9.92. The number of rotatable bonds is 11. The number of aliphatic carboxylic acids is 1. The smallest absolute Gasteiger partial charge is 0.303 e. The zero-order chi connectivity index (χ0) is 28.9. The van der Waals surface area contributed by atoms with E-state index in [9.17, 15) is 14.7 Å². The van der Waals surface area contributed by atoms with E-state index in [1.54, 1.807) is 6.07 Å². The van der Waals surface area contributed by atoms with E-state index < -0.39 is 5.97 Å². The summed E-state index contributed by atoms with van der Waals surface area (Å²) in [6.07, 6.45) is 4.48. The molecule has 1 saturated carbocycles. The molecule has 1 aliphatic carbocycles. The molecule has 8 heteroatoms. The number of piperazine rings is 2. The van der Waals surface area contributed by atoms with Gasteiger partial charge in [0.15, 0.2) is 0 Å². The van der Waals surface area contributed by atoms with Crippen molar-refractivity contribution in [1.82, 2.24) is 19.6 Å². The van der Waals surface area contributed by atoms with Crippen molar-refractivity contribution < 1.29 is 19.8 Å². The first-order chi connectivity index (χ1) is 19.8. The second-order valence-corrected chi connectivity index (χ2v) is 12.4. The number of aromatic hydroxyl groups is 1. The molecule has 2 aliphatic heterocycles. The number of carboxylic acid groups (broad SMARTS) is 1. The lowest BCUT2D eigenvalue weighted by molar-refractivity contribution is -0.137. The molecule has 2 saturated heterocycles. The normalized spacial score (nSPS) is 23.4. The fourth-order valence-corrected chi connectivity index (χ4v) is 6.55. The standard InChI is InChI=1S/C33H46N4O4/c1-24-22-37(25(2)21-36(24)23-26-12-13-26)32(28-8-6-10-30(38)20-28)27-7-5-9-29(19-27)33(41)35-17-15-34(16-18-35)14-4-3-11-31(39)40/h5-10,19-20,24-26,32,38H,3-4,11-18,21-23H2,1-2H3,(H,39,40)/t24-,25+,32-/m1/s1. The summed E-state index contributed by atoms with van der Waals surface area (Å²) < 4.78 is 0. The van der Waals surface area contributed by atoms with Crippen molar-refractivity contribution in [2.24, 2.45) is 5.92 Å². The summed E-state index contributed by atoms with van der Waals surface area (Å²) in [5.74, 6) is 0.435. The van der Waals surface area contributed by atoms with Crippen molar-refractivity contribution in [3.05, 3.63) is 65.2 Å². The van der Waals surface area contributed by atoms with Crippen LogP contribution >= 0.6 is 0 Å². The molecule has 2 aromatic carbocycles. The molecule has 0 bridgehead atoms. The average molecular weight is 563 g/mol. The summed E-state index contributed by atoms with van der Waals surface area (Å²) in [7, 11) is 0. The molecule has 1 amide bonds. The van der Waals surface area contributed by atoms with Gasteiger partial charge >= 0.3 is 5.97 Å². The Morgan fingerprint density at radius 1 is 0.902 bits per heavy atom. The Labute approximate surface area is 244 Å². The summed E-state index contributed by atoms with van der Waals surface area (Å²) in [6.45, 7) is 11.6. The lowest BCUT2D eigenvalue weighted by Gasteiger charge is -2.48. The Kier molecular flexibility index (Phi) is 9.63. The van der Waals surface area contributed by atoms with Crippen molar-refractivity contribution in [1.29, 1.82) is 0 Å². The fourth-order valence-electron chi connectivity index (χ4n) is 6.55. The summed E-state index contributed by atoms with van der Waals surface area (Å²) >= 11 is 0. The number of phenolic OH excluding ortho intramolecular Hbond substituents is 1. The van der Waals surface area contributed by atoms with Gasteiger partial charge in [-0.2, -0.15) is 0 Å².